The fourth-order valence-electron chi connectivity index (χ4n) is 1.69. The molecule has 0 amide bonds. The SMILES string of the molecule is CCNCCCCCCOc1cccnc1C. The van der Waals surface area contributed by atoms with Crippen molar-refractivity contribution in [2.24, 2.45) is 0 Å². The zero-order valence-corrected chi connectivity index (χ0v) is 11.0. The third-order valence-electron chi connectivity index (χ3n) is 2.71. The van der Waals surface area contributed by atoms with Crippen LogP contribution in [0.25, 0.3) is 0 Å². The average molecular weight is 236 g/mol. The summed E-state index contributed by atoms with van der Waals surface area (Å²) in [6.45, 7) is 7.13. The lowest BCUT2D eigenvalue weighted by atomic mass is 10.2. The minimum Gasteiger partial charge on any atom is -0.492 e. The van der Waals surface area contributed by atoms with Gasteiger partial charge in [0, 0.05) is 6.20 Å². The lowest BCUT2D eigenvalue weighted by Gasteiger charge is -2.07. The van der Waals surface area contributed by atoms with Gasteiger partial charge in [0.15, 0.2) is 0 Å². The van der Waals surface area contributed by atoms with E-state index in [4.69, 9.17) is 4.74 Å². The van der Waals surface area contributed by atoms with Crippen molar-refractivity contribution in [1.29, 1.82) is 0 Å². The fourth-order valence-corrected chi connectivity index (χ4v) is 1.69. The summed E-state index contributed by atoms with van der Waals surface area (Å²) in [5.74, 6) is 0.917. The highest BCUT2D eigenvalue weighted by Crippen LogP contribution is 2.14. The van der Waals surface area contributed by atoms with Crippen LogP contribution in [0.1, 0.15) is 38.3 Å². The van der Waals surface area contributed by atoms with Crippen molar-refractivity contribution in [3.8, 4) is 5.75 Å². The topological polar surface area (TPSA) is 34.1 Å². The second-order valence-electron chi connectivity index (χ2n) is 4.20. The molecular formula is C14H24N2O. The average Bonchev–Trinajstić information content (AvgIpc) is 2.35. The Morgan fingerprint density at radius 1 is 1.24 bits per heavy atom. The van der Waals surface area contributed by atoms with E-state index in [0.717, 1.165) is 37.6 Å². The van der Waals surface area contributed by atoms with Crippen molar-refractivity contribution in [2.45, 2.75) is 39.5 Å². The Kier molecular flexibility index (Phi) is 7.39. The molecule has 96 valence electrons. The van der Waals surface area contributed by atoms with Gasteiger partial charge in [-0.2, -0.15) is 0 Å². The molecule has 0 aliphatic carbocycles. The Morgan fingerprint density at radius 3 is 2.82 bits per heavy atom. The van der Waals surface area contributed by atoms with E-state index in [1.54, 1.807) is 6.20 Å². The number of ether oxygens (including phenoxy) is 1. The lowest BCUT2D eigenvalue weighted by molar-refractivity contribution is 0.301. The number of nitrogens with one attached hydrogen (secondary N) is 1. The number of hydrogen-bond donors (Lipinski definition) is 1. The van der Waals surface area contributed by atoms with Gasteiger partial charge in [0.05, 0.1) is 12.3 Å². The van der Waals surface area contributed by atoms with E-state index in [0.29, 0.717) is 0 Å². The van der Waals surface area contributed by atoms with Gasteiger partial charge in [-0.05, 0) is 45.0 Å². The summed E-state index contributed by atoms with van der Waals surface area (Å²) in [4.78, 5) is 4.19. The molecule has 0 spiro atoms. The van der Waals surface area contributed by atoms with Crippen LogP contribution in [0.3, 0.4) is 0 Å². The summed E-state index contributed by atoms with van der Waals surface area (Å²) < 4.78 is 5.69. The van der Waals surface area contributed by atoms with E-state index in [-0.39, 0.29) is 0 Å². The highest BCUT2D eigenvalue weighted by Gasteiger charge is 1.98. The quantitative estimate of drug-likeness (QED) is 0.669. The van der Waals surface area contributed by atoms with Gasteiger partial charge in [-0.25, -0.2) is 0 Å². The van der Waals surface area contributed by atoms with E-state index in [1.807, 2.05) is 19.1 Å². The molecule has 0 aromatic carbocycles. The first-order valence-corrected chi connectivity index (χ1v) is 6.59. The number of unbranched alkanes of at least 4 members (excludes halogenated alkanes) is 3. The van der Waals surface area contributed by atoms with Crippen LogP contribution in [0.4, 0.5) is 0 Å². The minimum absolute atomic E-state index is 0.799. The summed E-state index contributed by atoms with van der Waals surface area (Å²) in [5, 5.41) is 3.33. The summed E-state index contributed by atoms with van der Waals surface area (Å²) in [6.07, 6.45) is 6.70. The standard InChI is InChI=1S/C14H24N2O/c1-3-15-10-6-4-5-7-12-17-14-9-8-11-16-13(14)2/h8-9,11,15H,3-7,10,12H2,1-2H3. The van der Waals surface area contributed by atoms with E-state index in [1.165, 1.54) is 19.3 Å². The number of aromatic nitrogens is 1. The van der Waals surface area contributed by atoms with Gasteiger partial charge >= 0.3 is 0 Å². The Bertz CT molecular complexity index is 302. The van der Waals surface area contributed by atoms with Crippen LogP contribution in [0.15, 0.2) is 18.3 Å². The van der Waals surface area contributed by atoms with Gasteiger partial charge in [-0.3, -0.25) is 4.98 Å². The normalized spacial score (nSPS) is 10.5. The third-order valence-corrected chi connectivity index (χ3v) is 2.71. The molecule has 3 heteroatoms. The molecule has 1 N–H and O–H groups in total. The molecule has 1 aromatic heterocycles. The molecular weight excluding hydrogens is 212 g/mol. The van der Waals surface area contributed by atoms with Crippen LogP contribution < -0.4 is 10.1 Å². The van der Waals surface area contributed by atoms with Crippen molar-refractivity contribution >= 4 is 0 Å². The molecule has 0 aliphatic rings. The van der Waals surface area contributed by atoms with Crippen LogP contribution in [0.5, 0.6) is 5.75 Å². The molecule has 0 saturated carbocycles. The zero-order valence-electron chi connectivity index (χ0n) is 11.0. The van der Waals surface area contributed by atoms with E-state index in [2.05, 4.69) is 17.2 Å². The summed E-state index contributed by atoms with van der Waals surface area (Å²) in [7, 11) is 0. The van der Waals surface area contributed by atoms with Crippen molar-refractivity contribution in [1.82, 2.24) is 10.3 Å². The fraction of sp³-hybridized carbons (Fsp3) is 0.643. The van der Waals surface area contributed by atoms with Crippen molar-refractivity contribution in [2.75, 3.05) is 19.7 Å². The number of pyridine rings is 1. The van der Waals surface area contributed by atoms with Crippen molar-refractivity contribution < 1.29 is 4.74 Å². The first-order chi connectivity index (χ1) is 8.34. The molecule has 0 radical (unpaired) electrons. The molecule has 1 heterocycles. The number of hydrogen-bond acceptors (Lipinski definition) is 3. The zero-order chi connectivity index (χ0) is 12.3. The molecule has 17 heavy (non-hydrogen) atoms. The van der Waals surface area contributed by atoms with Crippen LogP contribution in [-0.2, 0) is 0 Å². The van der Waals surface area contributed by atoms with E-state index in [9.17, 15) is 0 Å². The van der Waals surface area contributed by atoms with Gasteiger partial charge in [-0.1, -0.05) is 19.8 Å². The number of rotatable bonds is 9. The predicted molar refractivity (Wildman–Crippen MR) is 71.5 cm³/mol. The molecule has 0 atom stereocenters. The molecule has 3 nitrogen and oxygen atoms in total. The first-order valence-electron chi connectivity index (χ1n) is 6.59. The Labute approximate surface area is 105 Å². The van der Waals surface area contributed by atoms with Gasteiger partial charge in [0.2, 0.25) is 0 Å². The smallest absolute Gasteiger partial charge is 0.140 e. The van der Waals surface area contributed by atoms with Gasteiger partial charge in [-0.15, -0.1) is 0 Å². The largest absolute Gasteiger partial charge is 0.492 e. The summed E-state index contributed by atoms with van der Waals surface area (Å²) in [5.41, 5.74) is 0.972. The first kappa shape index (κ1) is 14.0. The molecule has 0 fully saturated rings. The van der Waals surface area contributed by atoms with E-state index < -0.39 is 0 Å². The number of aryl methyl sites for hydroxylation is 1. The maximum absolute atomic E-state index is 5.69. The summed E-state index contributed by atoms with van der Waals surface area (Å²) >= 11 is 0. The van der Waals surface area contributed by atoms with Crippen LogP contribution in [0.2, 0.25) is 0 Å². The predicted octanol–water partition coefficient (Wildman–Crippen LogP) is 2.94. The van der Waals surface area contributed by atoms with Crippen LogP contribution in [-0.4, -0.2) is 24.7 Å². The molecule has 0 aliphatic heterocycles. The number of nitrogens with zero attached hydrogens (tertiary/aromatic N) is 1. The van der Waals surface area contributed by atoms with Gasteiger partial charge < -0.3 is 10.1 Å². The second kappa shape index (κ2) is 8.99. The Morgan fingerprint density at radius 2 is 2.06 bits per heavy atom. The Hall–Kier alpha value is -1.09. The monoisotopic (exact) mass is 236 g/mol. The molecule has 1 aromatic rings. The van der Waals surface area contributed by atoms with Crippen molar-refractivity contribution in [3.63, 3.8) is 0 Å². The van der Waals surface area contributed by atoms with Crippen LogP contribution in [0, 0.1) is 6.92 Å². The van der Waals surface area contributed by atoms with E-state index >= 15 is 0 Å². The van der Waals surface area contributed by atoms with Crippen LogP contribution >= 0.6 is 0 Å². The third kappa shape index (κ3) is 6.27. The highest BCUT2D eigenvalue weighted by atomic mass is 16.5. The maximum atomic E-state index is 5.69. The summed E-state index contributed by atoms with van der Waals surface area (Å²) in [6, 6.07) is 3.90. The lowest BCUT2D eigenvalue weighted by Crippen LogP contribution is -2.13. The maximum Gasteiger partial charge on any atom is 0.140 e. The second-order valence-corrected chi connectivity index (χ2v) is 4.20. The molecule has 0 unspecified atom stereocenters. The Balaban J connectivity index is 1.99. The van der Waals surface area contributed by atoms with Crippen molar-refractivity contribution in [3.05, 3.63) is 24.0 Å². The molecule has 0 saturated heterocycles. The van der Waals surface area contributed by atoms with Gasteiger partial charge in [0.1, 0.15) is 5.75 Å². The minimum atomic E-state index is 0.799. The van der Waals surface area contributed by atoms with Gasteiger partial charge in [0.25, 0.3) is 0 Å². The highest BCUT2D eigenvalue weighted by molar-refractivity contribution is 5.25. The molecule has 0 bridgehead atoms. The molecule has 1 rings (SSSR count).